The van der Waals surface area contributed by atoms with Crippen molar-refractivity contribution >= 4 is 17.7 Å². The molecule has 1 aromatic carbocycles. The number of amides is 3. The van der Waals surface area contributed by atoms with Gasteiger partial charge in [0.2, 0.25) is 5.91 Å². The fraction of sp³-hybridized carbons (Fsp3) is 0.667. The molecule has 8 heteroatoms. The zero-order valence-electron chi connectivity index (χ0n) is 21.3. The standard InChI is InChI=1S/C27H39N3O5/c1-5-34-21-6-8-22(9-7-21)35-17(4)24(31)29-30-25(32)23(16(2)3)28-26(33)27-13-18-10-19(14-27)12-20(11-18)15-27/h6-9,16-20,23H,5,10-15H2,1-4H3,(H,28,33)(H,29,31)(H,30,32)/t17-,18?,19?,20?,23-,27?/m0/s1. The molecule has 3 N–H and O–H groups in total. The Balaban J connectivity index is 1.29. The number of carbonyl (C=O) groups excluding carboxylic acids is 3. The molecule has 4 aliphatic rings. The molecule has 0 aromatic heterocycles. The molecule has 35 heavy (non-hydrogen) atoms. The van der Waals surface area contributed by atoms with E-state index in [-0.39, 0.29) is 17.2 Å². The summed E-state index contributed by atoms with van der Waals surface area (Å²) in [5, 5.41) is 3.04. The van der Waals surface area contributed by atoms with Crippen molar-refractivity contribution in [2.45, 2.75) is 78.4 Å². The summed E-state index contributed by atoms with van der Waals surface area (Å²) in [4.78, 5) is 38.9. The molecular formula is C27H39N3O5. The number of hydrogen-bond donors (Lipinski definition) is 3. The van der Waals surface area contributed by atoms with Gasteiger partial charge in [0.25, 0.3) is 11.8 Å². The van der Waals surface area contributed by atoms with Gasteiger partial charge in [-0.05, 0) is 100 Å². The van der Waals surface area contributed by atoms with Crippen molar-refractivity contribution in [2.24, 2.45) is 29.1 Å². The molecule has 0 radical (unpaired) electrons. The van der Waals surface area contributed by atoms with E-state index in [4.69, 9.17) is 9.47 Å². The van der Waals surface area contributed by atoms with Crippen molar-refractivity contribution in [3.8, 4) is 11.5 Å². The lowest BCUT2D eigenvalue weighted by Crippen LogP contribution is -2.60. The van der Waals surface area contributed by atoms with Crippen LogP contribution in [0.4, 0.5) is 0 Å². The van der Waals surface area contributed by atoms with Gasteiger partial charge in [0.05, 0.1) is 6.61 Å². The highest BCUT2D eigenvalue weighted by Gasteiger charge is 2.55. The molecule has 4 saturated carbocycles. The number of carbonyl (C=O) groups is 3. The van der Waals surface area contributed by atoms with E-state index in [9.17, 15) is 14.4 Å². The second-order valence-electron chi connectivity index (χ2n) is 11.0. The molecule has 5 rings (SSSR count). The predicted octanol–water partition coefficient (Wildman–Crippen LogP) is 3.36. The van der Waals surface area contributed by atoms with Gasteiger partial charge in [0, 0.05) is 5.41 Å². The van der Waals surface area contributed by atoms with Crippen LogP contribution in [0.25, 0.3) is 0 Å². The smallest absolute Gasteiger partial charge is 0.279 e. The molecule has 0 saturated heterocycles. The van der Waals surface area contributed by atoms with E-state index in [0.717, 1.165) is 25.0 Å². The highest BCUT2D eigenvalue weighted by molar-refractivity contribution is 5.92. The number of rotatable bonds is 9. The first-order chi connectivity index (χ1) is 16.7. The van der Waals surface area contributed by atoms with Crippen LogP contribution in [-0.4, -0.2) is 36.5 Å². The van der Waals surface area contributed by atoms with Crippen molar-refractivity contribution in [1.29, 1.82) is 0 Å². The number of benzene rings is 1. The summed E-state index contributed by atoms with van der Waals surface area (Å²) >= 11 is 0. The van der Waals surface area contributed by atoms with Gasteiger partial charge in [0.1, 0.15) is 17.5 Å². The second kappa shape index (κ2) is 10.5. The summed E-state index contributed by atoms with van der Waals surface area (Å²) < 4.78 is 11.1. The van der Waals surface area contributed by atoms with Crippen LogP contribution in [0, 0.1) is 29.1 Å². The number of hydrogen-bond acceptors (Lipinski definition) is 5. The first kappa shape index (κ1) is 25.3. The lowest BCUT2D eigenvalue weighted by molar-refractivity contribution is -0.149. The molecule has 0 spiro atoms. The molecule has 1 aromatic rings. The molecule has 4 bridgehead atoms. The van der Waals surface area contributed by atoms with E-state index >= 15 is 0 Å². The first-order valence-corrected chi connectivity index (χ1v) is 13.0. The number of nitrogens with one attached hydrogen (secondary N) is 3. The Morgan fingerprint density at radius 3 is 1.91 bits per heavy atom. The van der Waals surface area contributed by atoms with Crippen molar-refractivity contribution in [2.75, 3.05) is 6.61 Å². The minimum atomic E-state index is -0.827. The molecule has 4 fully saturated rings. The van der Waals surface area contributed by atoms with Crippen LogP contribution < -0.4 is 25.6 Å². The maximum Gasteiger partial charge on any atom is 0.279 e. The van der Waals surface area contributed by atoms with Gasteiger partial charge in [-0.25, -0.2) is 0 Å². The average Bonchev–Trinajstić information content (AvgIpc) is 2.81. The van der Waals surface area contributed by atoms with Crippen LogP contribution in [0.1, 0.15) is 66.2 Å². The van der Waals surface area contributed by atoms with Gasteiger partial charge < -0.3 is 14.8 Å². The molecule has 0 heterocycles. The minimum absolute atomic E-state index is 0.00368. The quantitative estimate of drug-likeness (QED) is 0.465. The molecule has 3 amide bonds. The van der Waals surface area contributed by atoms with E-state index in [2.05, 4.69) is 16.2 Å². The third kappa shape index (κ3) is 5.73. The van der Waals surface area contributed by atoms with E-state index in [0.29, 0.717) is 30.1 Å². The fourth-order valence-electron chi connectivity index (χ4n) is 6.56. The Morgan fingerprint density at radius 2 is 1.40 bits per heavy atom. The molecule has 0 aliphatic heterocycles. The summed E-state index contributed by atoms with van der Waals surface area (Å²) in [7, 11) is 0. The number of hydrazine groups is 1. The predicted molar refractivity (Wildman–Crippen MR) is 131 cm³/mol. The SMILES string of the molecule is CCOc1ccc(O[C@@H](C)C(=O)NNC(=O)[C@@H](NC(=O)C23CC4CC(CC(C4)C2)C3)C(C)C)cc1. The maximum atomic E-state index is 13.4. The van der Waals surface area contributed by atoms with E-state index in [1.807, 2.05) is 20.8 Å². The third-order valence-electron chi connectivity index (χ3n) is 7.88. The van der Waals surface area contributed by atoms with Gasteiger partial charge in [-0.2, -0.15) is 0 Å². The van der Waals surface area contributed by atoms with Crippen LogP contribution >= 0.6 is 0 Å². The van der Waals surface area contributed by atoms with Crippen LogP contribution in [0.2, 0.25) is 0 Å². The van der Waals surface area contributed by atoms with Gasteiger partial charge in [0.15, 0.2) is 6.10 Å². The third-order valence-corrected chi connectivity index (χ3v) is 7.88. The van der Waals surface area contributed by atoms with E-state index < -0.39 is 24.0 Å². The molecule has 8 nitrogen and oxygen atoms in total. The Bertz CT molecular complexity index is 894. The topological polar surface area (TPSA) is 106 Å². The summed E-state index contributed by atoms with van der Waals surface area (Å²) in [5.41, 5.74) is 4.59. The lowest BCUT2D eigenvalue weighted by atomic mass is 9.49. The highest BCUT2D eigenvalue weighted by Crippen LogP contribution is 2.60. The lowest BCUT2D eigenvalue weighted by Gasteiger charge is -2.55. The molecular weight excluding hydrogens is 446 g/mol. The normalized spacial score (nSPS) is 28.2. The van der Waals surface area contributed by atoms with Crippen LogP contribution in [-0.2, 0) is 14.4 Å². The van der Waals surface area contributed by atoms with E-state index in [1.165, 1.54) is 19.3 Å². The van der Waals surface area contributed by atoms with Crippen LogP contribution in [0.15, 0.2) is 24.3 Å². The fourth-order valence-corrected chi connectivity index (χ4v) is 6.56. The van der Waals surface area contributed by atoms with Crippen molar-refractivity contribution < 1.29 is 23.9 Å². The second-order valence-corrected chi connectivity index (χ2v) is 11.0. The van der Waals surface area contributed by atoms with Crippen LogP contribution in [0.3, 0.4) is 0 Å². The van der Waals surface area contributed by atoms with Gasteiger partial charge >= 0.3 is 0 Å². The molecule has 0 unspecified atom stereocenters. The summed E-state index contributed by atoms with van der Waals surface area (Å²) in [6.45, 7) is 7.86. The monoisotopic (exact) mass is 485 g/mol. The maximum absolute atomic E-state index is 13.4. The molecule has 192 valence electrons. The summed E-state index contributed by atoms with van der Waals surface area (Å²) in [5.74, 6) is 2.15. The van der Waals surface area contributed by atoms with E-state index in [1.54, 1.807) is 31.2 Å². The van der Waals surface area contributed by atoms with Crippen molar-refractivity contribution in [3.63, 3.8) is 0 Å². The molecule has 4 aliphatic carbocycles. The Morgan fingerprint density at radius 1 is 0.886 bits per heavy atom. The van der Waals surface area contributed by atoms with Crippen LogP contribution in [0.5, 0.6) is 11.5 Å². The average molecular weight is 486 g/mol. The van der Waals surface area contributed by atoms with Crippen molar-refractivity contribution in [3.05, 3.63) is 24.3 Å². The largest absolute Gasteiger partial charge is 0.494 e. The summed E-state index contributed by atoms with van der Waals surface area (Å²) in [6, 6.07) is 6.26. The zero-order valence-corrected chi connectivity index (χ0v) is 21.3. The Kier molecular flexibility index (Phi) is 7.57. The Labute approximate surface area is 207 Å². The van der Waals surface area contributed by atoms with Gasteiger partial charge in [-0.3, -0.25) is 25.2 Å². The Hall–Kier alpha value is -2.77. The highest BCUT2D eigenvalue weighted by atomic mass is 16.5. The van der Waals surface area contributed by atoms with Gasteiger partial charge in [-0.1, -0.05) is 13.8 Å². The first-order valence-electron chi connectivity index (χ1n) is 13.0. The van der Waals surface area contributed by atoms with Gasteiger partial charge in [-0.15, -0.1) is 0 Å². The minimum Gasteiger partial charge on any atom is -0.494 e. The number of ether oxygens (including phenoxy) is 2. The van der Waals surface area contributed by atoms with Crippen molar-refractivity contribution in [1.82, 2.24) is 16.2 Å². The zero-order chi connectivity index (χ0) is 25.2. The summed E-state index contributed by atoms with van der Waals surface area (Å²) in [6.07, 6.45) is 5.75. The molecule has 2 atom stereocenters.